The third-order valence-corrected chi connectivity index (χ3v) is 4.27. The molecule has 2 aromatic carbocycles. The molecule has 0 bridgehead atoms. The van der Waals surface area contributed by atoms with Crippen LogP contribution < -0.4 is 14.8 Å². The van der Waals surface area contributed by atoms with E-state index in [2.05, 4.69) is 5.32 Å². The lowest BCUT2D eigenvalue weighted by molar-refractivity contribution is -0.139. The molecule has 0 atom stereocenters. The number of carbonyl (C=O) groups excluding carboxylic acids is 2. The normalized spacial score (nSPS) is 14.6. The van der Waals surface area contributed by atoms with Crippen LogP contribution in [0.5, 0.6) is 11.5 Å². The van der Waals surface area contributed by atoms with Gasteiger partial charge in [-0.25, -0.2) is 4.79 Å². The van der Waals surface area contributed by atoms with E-state index in [1.165, 1.54) is 6.08 Å². The third-order valence-electron chi connectivity index (χ3n) is 4.27. The molecule has 1 heterocycles. The number of Topliss-reactive ketones (excluding diaryl/α,β-unsaturated/α-hetero) is 1. The number of rotatable bonds is 8. The molecule has 0 amide bonds. The zero-order chi connectivity index (χ0) is 22.4. The molecule has 3 rings (SSSR count). The maximum Gasteiger partial charge on any atom is 0.347 e. The van der Waals surface area contributed by atoms with E-state index in [1.807, 2.05) is 32.0 Å². The summed E-state index contributed by atoms with van der Waals surface area (Å²) in [4.78, 5) is 25.5. The molecule has 162 valence electrons. The van der Waals surface area contributed by atoms with Crippen LogP contribution in [0.2, 0.25) is 0 Å². The van der Waals surface area contributed by atoms with E-state index in [0.717, 1.165) is 0 Å². The minimum atomic E-state index is -0.751. The Labute approximate surface area is 181 Å². The molecule has 1 N–H and O–H groups in total. The minimum Gasteiger partial charge on any atom is -0.493 e. The number of allylic oxidation sites excluding steroid dienone is 1. The van der Waals surface area contributed by atoms with Crippen molar-refractivity contribution in [1.82, 2.24) is 0 Å². The molecule has 7 nitrogen and oxygen atoms in total. The first-order valence-electron chi connectivity index (χ1n) is 9.96. The maximum atomic E-state index is 13.1. The van der Waals surface area contributed by atoms with E-state index in [-0.39, 0.29) is 29.9 Å². The second kappa shape index (κ2) is 9.84. The number of ketones is 1. The first-order valence-corrected chi connectivity index (χ1v) is 9.96. The molecule has 1 aliphatic heterocycles. The summed E-state index contributed by atoms with van der Waals surface area (Å²) in [5.41, 5.74) is 1.06. The molecular formula is C24H25NO6. The van der Waals surface area contributed by atoms with Crippen LogP contribution in [-0.4, -0.2) is 31.6 Å². The van der Waals surface area contributed by atoms with E-state index < -0.39 is 11.8 Å². The Morgan fingerprint density at radius 1 is 1.13 bits per heavy atom. The fourth-order valence-corrected chi connectivity index (χ4v) is 2.97. The maximum absolute atomic E-state index is 13.1. The summed E-state index contributed by atoms with van der Waals surface area (Å²) < 4.78 is 22.1. The van der Waals surface area contributed by atoms with Gasteiger partial charge in [-0.15, -0.1) is 0 Å². The van der Waals surface area contributed by atoms with Crippen LogP contribution in [0.15, 0.2) is 65.7 Å². The monoisotopic (exact) mass is 423 g/mol. The Morgan fingerprint density at radius 3 is 2.52 bits per heavy atom. The molecule has 0 aliphatic carbocycles. The molecule has 7 heteroatoms. The average Bonchev–Trinajstić information content (AvgIpc) is 3.04. The van der Waals surface area contributed by atoms with Crippen molar-refractivity contribution in [1.29, 1.82) is 0 Å². The summed E-state index contributed by atoms with van der Waals surface area (Å²) in [5, 5.41) is 2.98. The molecule has 0 aromatic heterocycles. The summed E-state index contributed by atoms with van der Waals surface area (Å²) in [6.45, 7) is 5.59. The van der Waals surface area contributed by atoms with Crippen molar-refractivity contribution in [2.45, 2.75) is 26.9 Å². The smallest absolute Gasteiger partial charge is 0.347 e. The lowest BCUT2D eigenvalue weighted by Gasteiger charge is -2.16. The first-order chi connectivity index (χ1) is 14.9. The van der Waals surface area contributed by atoms with Gasteiger partial charge >= 0.3 is 5.97 Å². The van der Waals surface area contributed by atoms with Crippen LogP contribution in [0.1, 0.15) is 26.3 Å². The Balaban J connectivity index is 2.00. The van der Waals surface area contributed by atoms with Crippen molar-refractivity contribution >= 4 is 23.5 Å². The van der Waals surface area contributed by atoms with Gasteiger partial charge in [0.15, 0.2) is 22.8 Å². The van der Waals surface area contributed by atoms with Gasteiger partial charge in [0.1, 0.15) is 0 Å². The number of nitrogens with one attached hydrogen (secondary N) is 1. The van der Waals surface area contributed by atoms with Crippen molar-refractivity contribution in [3.8, 4) is 11.5 Å². The number of ether oxygens (including phenoxy) is 4. The van der Waals surface area contributed by atoms with Gasteiger partial charge in [0, 0.05) is 11.3 Å². The summed E-state index contributed by atoms with van der Waals surface area (Å²) >= 11 is 0. The minimum absolute atomic E-state index is 0.0233. The summed E-state index contributed by atoms with van der Waals surface area (Å²) in [6.07, 6.45) is 1.42. The van der Waals surface area contributed by atoms with Gasteiger partial charge < -0.3 is 24.3 Å². The van der Waals surface area contributed by atoms with E-state index in [9.17, 15) is 9.59 Å². The molecule has 0 fully saturated rings. The Morgan fingerprint density at radius 2 is 1.87 bits per heavy atom. The number of para-hydroxylation sites is 2. The van der Waals surface area contributed by atoms with Gasteiger partial charge in [-0.1, -0.05) is 30.3 Å². The highest BCUT2D eigenvalue weighted by atomic mass is 16.5. The van der Waals surface area contributed by atoms with Crippen molar-refractivity contribution in [2.75, 3.05) is 19.0 Å². The number of carbonyl (C=O) groups is 2. The second-order valence-electron chi connectivity index (χ2n) is 6.90. The quantitative estimate of drug-likeness (QED) is 0.385. The zero-order valence-corrected chi connectivity index (χ0v) is 17.9. The van der Waals surface area contributed by atoms with Gasteiger partial charge in [-0.3, -0.25) is 4.79 Å². The standard InChI is InChI=1S/C24H25NO6/c1-5-29-24(27)20-21(26)19(31-23(20)25-17-11-7-6-8-12-17)14-16-10-9-13-18(28-4)22(16)30-15(2)3/h6-15,25H,5H2,1-4H3/b19-14-. The first kappa shape index (κ1) is 22.0. The van der Waals surface area contributed by atoms with Crippen molar-refractivity contribution < 1.29 is 28.5 Å². The lowest BCUT2D eigenvalue weighted by Crippen LogP contribution is -2.16. The van der Waals surface area contributed by atoms with Crippen LogP contribution in [0.4, 0.5) is 5.69 Å². The number of methoxy groups -OCH3 is 1. The summed E-state index contributed by atoms with van der Waals surface area (Å²) in [6, 6.07) is 14.4. The van der Waals surface area contributed by atoms with Gasteiger partial charge in [-0.05, 0) is 45.0 Å². The largest absolute Gasteiger partial charge is 0.493 e. The van der Waals surface area contributed by atoms with E-state index in [4.69, 9.17) is 18.9 Å². The predicted molar refractivity (Wildman–Crippen MR) is 117 cm³/mol. The highest BCUT2D eigenvalue weighted by molar-refractivity contribution is 6.26. The summed E-state index contributed by atoms with van der Waals surface area (Å²) in [5.74, 6) is -0.326. The van der Waals surface area contributed by atoms with Crippen molar-refractivity contribution in [3.63, 3.8) is 0 Å². The summed E-state index contributed by atoms with van der Waals surface area (Å²) in [7, 11) is 1.54. The molecule has 0 radical (unpaired) electrons. The van der Waals surface area contributed by atoms with Crippen LogP contribution in [-0.2, 0) is 19.1 Å². The van der Waals surface area contributed by atoms with Crippen molar-refractivity contribution in [3.05, 3.63) is 71.3 Å². The number of anilines is 1. The van der Waals surface area contributed by atoms with E-state index in [0.29, 0.717) is 22.7 Å². The lowest BCUT2D eigenvalue weighted by atomic mass is 10.1. The average molecular weight is 423 g/mol. The SMILES string of the molecule is CCOC(=O)C1=C(Nc2ccccc2)O/C(=C\c2cccc(OC)c2OC(C)C)C1=O. The molecule has 2 aromatic rings. The molecule has 0 saturated heterocycles. The topological polar surface area (TPSA) is 83.1 Å². The predicted octanol–water partition coefficient (Wildman–Crippen LogP) is 4.31. The van der Waals surface area contributed by atoms with E-state index >= 15 is 0 Å². The second-order valence-corrected chi connectivity index (χ2v) is 6.90. The van der Waals surface area contributed by atoms with Crippen LogP contribution >= 0.6 is 0 Å². The Hall–Kier alpha value is -3.74. The zero-order valence-electron chi connectivity index (χ0n) is 17.9. The Bertz CT molecular complexity index is 1020. The molecule has 0 spiro atoms. The van der Waals surface area contributed by atoms with E-state index in [1.54, 1.807) is 44.4 Å². The van der Waals surface area contributed by atoms with Gasteiger partial charge in [-0.2, -0.15) is 0 Å². The number of hydrogen-bond acceptors (Lipinski definition) is 7. The van der Waals surface area contributed by atoms with Gasteiger partial charge in [0.25, 0.3) is 0 Å². The van der Waals surface area contributed by atoms with Crippen LogP contribution in [0.25, 0.3) is 6.08 Å². The molecule has 1 aliphatic rings. The molecule has 31 heavy (non-hydrogen) atoms. The number of benzene rings is 2. The highest BCUT2D eigenvalue weighted by Gasteiger charge is 2.37. The van der Waals surface area contributed by atoms with Gasteiger partial charge in [0.2, 0.25) is 11.7 Å². The molecule has 0 saturated carbocycles. The van der Waals surface area contributed by atoms with Gasteiger partial charge in [0.05, 0.1) is 19.8 Å². The molecular weight excluding hydrogens is 398 g/mol. The number of hydrogen-bond donors (Lipinski definition) is 1. The third kappa shape index (κ3) is 5.06. The highest BCUT2D eigenvalue weighted by Crippen LogP contribution is 2.36. The Kier molecular flexibility index (Phi) is 6.97. The fraction of sp³-hybridized carbons (Fsp3) is 0.250. The molecule has 0 unspecified atom stereocenters. The fourth-order valence-electron chi connectivity index (χ4n) is 2.97. The van der Waals surface area contributed by atoms with Crippen LogP contribution in [0.3, 0.4) is 0 Å². The van der Waals surface area contributed by atoms with Crippen molar-refractivity contribution in [2.24, 2.45) is 0 Å². The van der Waals surface area contributed by atoms with Crippen LogP contribution in [0, 0.1) is 0 Å². The number of esters is 1.